The molecule has 1 unspecified atom stereocenters. The predicted molar refractivity (Wildman–Crippen MR) is 95.4 cm³/mol. The van der Waals surface area contributed by atoms with Gasteiger partial charge in [-0.25, -0.2) is 4.39 Å². The molecule has 0 aliphatic carbocycles. The van der Waals surface area contributed by atoms with Gasteiger partial charge < -0.3 is 5.11 Å². The zero-order valence-electron chi connectivity index (χ0n) is 13.0. The monoisotopic (exact) mass is 387 g/mol. The van der Waals surface area contributed by atoms with Gasteiger partial charge in [0.1, 0.15) is 17.1 Å². The number of rotatable bonds is 3. The summed E-state index contributed by atoms with van der Waals surface area (Å²) in [6.45, 7) is 0. The van der Waals surface area contributed by atoms with Crippen LogP contribution in [0.1, 0.15) is 17.2 Å². The number of carbonyl (C=O) groups excluding carboxylic acids is 2. The van der Waals surface area contributed by atoms with Gasteiger partial charge in [-0.3, -0.25) is 14.5 Å². The number of halogens is 1. The molecule has 3 heterocycles. The Balaban J connectivity index is 1.92. The van der Waals surface area contributed by atoms with Crippen molar-refractivity contribution in [1.82, 2.24) is 10.2 Å². The largest absolute Gasteiger partial charge is 0.507 e. The molecule has 1 saturated heterocycles. The average Bonchev–Trinajstić information content (AvgIpc) is 3.37. The maximum absolute atomic E-state index is 13.2. The Labute approximate surface area is 154 Å². The van der Waals surface area contributed by atoms with E-state index >= 15 is 0 Å². The fourth-order valence-corrected chi connectivity index (χ4v) is 4.07. The van der Waals surface area contributed by atoms with E-state index in [0.717, 1.165) is 11.3 Å². The molecule has 4 rings (SSSR count). The minimum Gasteiger partial charge on any atom is -0.507 e. The lowest BCUT2D eigenvalue weighted by atomic mass is 9.97. The minimum absolute atomic E-state index is 0.0600. The van der Waals surface area contributed by atoms with E-state index in [1.807, 2.05) is 5.38 Å². The summed E-state index contributed by atoms with van der Waals surface area (Å²) in [7, 11) is 0. The Morgan fingerprint density at radius 1 is 1.19 bits per heavy atom. The molecule has 1 aliphatic rings. The number of anilines is 1. The van der Waals surface area contributed by atoms with Crippen molar-refractivity contribution in [3.63, 3.8) is 0 Å². The number of hydrogen-bond donors (Lipinski definition) is 1. The average molecular weight is 387 g/mol. The molecule has 1 amide bonds. The van der Waals surface area contributed by atoms with Gasteiger partial charge in [0.05, 0.1) is 11.6 Å². The Bertz CT molecular complexity index is 999. The number of aliphatic hydroxyl groups is 1. The van der Waals surface area contributed by atoms with Crippen LogP contribution in [0.2, 0.25) is 0 Å². The summed E-state index contributed by atoms with van der Waals surface area (Å²) in [4.78, 5) is 26.5. The maximum atomic E-state index is 13.2. The first kappa shape index (κ1) is 16.6. The van der Waals surface area contributed by atoms with Gasteiger partial charge in [0.25, 0.3) is 5.78 Å². The predicted octanol–water partition coefficient (Wildman–Crippen LogP) is 3.37. The first-order chi connectivity index (χ1) is 12.6. The smallest absolute Gasteiger partial charge is 0.301 e. The minimum atomic E-state index is -0.821. The topological polar surface area (TPSA) is 83.4 Å². The molecule has 0 saturated carbocycles. The Kier molecular flexibility index (Phi) is 4.09. The highest BCUT2D eigenvalue weighted by atomic mass is 32.1. The van der Waals surface area contributed by atoms with E-state index in [4.69, 9.17) is 0 Å². The molecular formula is C17H10FN3O3S2. The zero-order chi connectivity index (χ0) is 18.3. The Hall–Kier alpha value is -2.91. The normalized spacial score (nSPS) is 19.3. The van der Waals surface area contributed by atoms with Gasteiger partial charge >= 0.3 is 5.91 Å². The fraction of sp³-hybridized carbons (Fsp3) is 0.0588. The number of hydrogen-bond acceptors (Lipinski definition) is 7. The second-order valence-corrected chi connectivity index (χ2v) is 7.05. The summed E-state index contributed by atoms with van der Waals surface area (Å²) >= 11 is 2.52. The number of aromatic nitrogens is 2. The lowest BCUT2D eigenvalue weighted by Gasteiger charge is -2.21. The molecule has 1 aliphatic heterocycles. The molecule has 0 bridgehead atoms. The van der Waals surface area contributed by atoms with Crippen LogP contribution in [0.3, 0.4) is 0 Å². The van der Waals surface area contributed by atoms with E-state index in [1.54, 1.807) is 11.4 Å². The quantitative estimate of drug-likeness (QED) is 0.423. The van der Waals surface area contributed by atoms with Crippen LogP contribution in [0, 0.1) is 5.82 Å². The highest BCUT2D eigenvalue weighted by Gasteiger charge is 2.48. The third-order valence-electron chi connectivity index (χ3n) is 3.98. The Morgan fingerprint density at radius 3 is 2.58 bits per heavy atom. The van der Waals surface area contributed by atoms with Gasteiger partial charge in [-0.05, 0) is 46.7 Å². The third-order valence-corrected chi connectivity index (χ3v) is 5.37. The first-order valence-electron chi connectivity index (χ1n) is 7.43. The molecule has 0 radical (unpaired) electrons. The SMILES string of the molecule is O=C1C(=O)N(c2nncs2)C(c2ccsc2)/C1=C(\O)c1ccc(F)cc1. The lowest BCUT2D eigenvalue weighted by Crippen LogP contribution is -2.29. The molecule has 3 aromatic rings. The number of carbonyl (C=O) groups is 2. The molecule has 1 fully saturated rings. The molecule has 1 atom stereocenters. The van der Waals surface area contributed by atoms with E-state index in [2.05, 4.69) is 10.2 Å². The summed E-state index contributed by atoms with van der Waals surface area (Å²) < 4.78 is 13.2. The van der Waals surface area contributed by atoms with E-state index in [0.29, 0.717) is 5.56 Å². The van der Waals surface area contributed by atoms with Crippen LogP contribution < -0.4 is 4.90 Å². The van der Waals surface area contributed by atoms with Crippen molar-refractivity contribution < 1.29 is 19.1 Å². The van der Waals surface area contributed by atoms with Gasteiger partial charge in [0, 0.05) is 5.56 Å². The van der Waals surface area contributed by atoms with Crippen molar-refractivity contribution in [1.29, 1.82) is 0 Å². The number of thiophene rings is 1. The van der Waals surface area contributed by atoms with E-state index < -0.39 is 23.5 Å². The fourth-order valence-electron chi connectivity index (χ4n) is 2.81. The summed E-state index contributed by atoms with van der Waals surface area (Å²) in [5, 5.41) is 22.2. The highest BCUT2D eigenvalue weighted by Crippen LogP contribution is 2.42. The van der Waals surface area contributed by atoms with E-state index in [1.165, 1.54) is 46.0 Å². The van der Waals surface area contributed by atoms with Crippen molar-refractivity contribution in [3.8, 4) is 0 Å². The number of benzene rings is 1. The number of ketones is 1. The van der Waals surface area contributed by atoms with Crippen molar-refractivity contribution in [2.75, 3.05) is 4.90 Å². The van der Waals surface area contributed by atoms with Crippen LogP contribution in [0.15, 0.2) is 52.2 Å². The molecule has 130 valence electrons. The first-order valence-corrected chi connectivity index (χ1v) is 9.25. The molecule has 2 aromatic heterocycles. The number of Topliss-reactive ketones (excluding diaryl/α,β-unsaturated/α-hetero) is 1. The summed E-state index contributed by atoms with van der Waals surface area (Å²) in [5.74, 6) is -2.43. The Morgan fingerprint density at radius 2 is 1.96 bits per heavy atom. The molecule has 1 N–H and O–H groups in total. The van der Waals surface area contributed by atoms with Gasteiger partial charge in [-0.1, -0.05) is 11.3 Å². The van der Waals surface area contributed by atoms with Crippen LogP contribution >= 0.6 is 22.7 Å². The summed E-state index contributed by atoms with van der Waals surface area (Å²) in [5.41, 5.74) is 2.32. The maximum Gasteiger partial charge on any atom is 0.301 e. The molecule has 1 aromatic carbocycles. The van der Waals surface area contributed by atoms with Crippen LogP contribution in [-0.2, 0) is 9.59 Å². The number of aliphatic hydroxyl groups excluding tert-OH is 1. The van der Waals surface area contributed by atoms with Gasteiger partial charge in [-0.15, -0.1) is 10.2 Å². The van der Waals surface area contributed by atoms with Gasteiger partial charge in [-0.2, -0.15) is 11.3 Å². The van der Waals surface area contributed by atoms with Crippen molar-refractivity contribution in [2.24, 2.45) is 0 Å². The standard InChI is InChI=1S/C17H10FN3O3S2/c18-11-3-1-9(2-4-11)14(22)12-13(10-5-6-25-7-10)21(16(24)15(12)23)17-20-19-8-26-17/h1-8,13,22H/b14-12+. The summed E-state index contributed by atoms with van der Waals surface area (Å²) in [6.07, 6.45) is 0. The molecular weight excluding hydrogens is 377 g/mol. The van der Waals surface area contributed by atoms with Crippen molar-refractivity contribution in [3.05, 3.63) is 69.1 Å². The molecule has 9 heteroatoms. The van der Waals surface area contributed by atoms with Gasteiger partial charge in [0.2, 0.25) is 5.13 Å². The molecule has 26 heavy (non-hydrogen) atoms. The van der Waals surface area contributed by atoms with E-state index in [-0.39, 0.29) is 22.0 Å². The lowest BCUT2D eigenvalue weighted by molar-refractivity contribution is -0.132. The number of amides is 1. The molecule has 6 nitrogen and oxygen atoms in total. The second-order valence-electron chi connectivity index (χ2n) is 5.45. The van der Waals surface area contributed by atoms with Crippen molar-refractivity contribution >= 4 is 45.3 Å². The second kappa shape index (κ2) is 6.43. The highest BCUT2D eigenvalue weighted by molar-refractivity contribution is 7.13. The van der Waals surface area contributed by atoms with Crippen LogP contribution in [0.25, 0.3) is 5.76 Å². The van der Waals surface area contributed by atoms with Gasteiger partial charge in [0.15, 0.2) is 0 Å². The third kappa shape index (κ3) is 2.61. The van der Waals surface area contributed by atoms with Crippen molar-refractivity contribution in [2.45, 2.75) is 6.04 Å². The number of nitrogens with zero attached hydrogens (tertiary/aromatic N) is 3. The molecule has 0 spiro atoms. The summed E-state index contributed by atoms with van der Waals surface area (Å²) in [6, 6.07) is 6.01. The van der Waals surface area contributed by atoms with E-state index in [9.17, 15) is 19.1 Å². The zero-order valence-corrected chi connectivity index (χ0v) is 14.6. The van der Waals surface area contributed by atoms with Crippen LogP contribution in [-0.4, -0.2) is 27.0 Å². The van der Waals surface area contributed by atoms with Crippen LogP contribution in [0.5, 0.6) is 0 Å². The van der Waals surface area contributed by atoms with Crippen LogP contribution in [0.4, 0.5) is 9.52 Å².